The second kappa shape index (κ2) is 9.62. The van der Waals surface area contributed by atoms with Crippen molar-refractivity contribution in [1.29, 1.82) is 5.26 Å². The van der Waals surface area contributed by atoms with E-state index in [4.69, 9.17) is 9.72 Å². The van der Waals surface area contributed by atoms with Gasteiger partial charge in [0.05, 0.1) is 29.8 Å². The topological polar surface area (TPSA) is 65.6 Å². The highest BCUT2D eigenvalue weighted by molar-refractivity contribution is 5.86. The van der Waals surface area contributed by atoms with Crippen LogP contribution in [0, 0.1) is 18.3 Å². The number of aromatic nitrogens is 2. The summed E-state index contributed by atoms with van der Waals surface area (Å²) in [6.07, 6.45) is 1.80. The minimum Gasteiger partial charge on any atom is -0.379 e. The summed E-state index contributed by atoms with van der Waals surface area (Å²) in [5.74, 6) is 1.04. The Morgan fingerprint density at radius 2 is 1.82 bits per heavy atom. The van der Waals surface area contributed by atoms with Gasteiger partial charge in [0, 0.05) is 31.6 Å². The molecule has 0 bridgehead atoms. The number of nitriles is 1. The zero-order chi connectivity index (χ0) is 22.6. The molecule has 1 fully saturated rings. The molecule has 5 rings (SSSR count). The van der Waals surface area contributed by atoms with Gasteiger partial charge in [-0.2, -0.15) is 5.26 Å². The Kier molecular flexibility index (Phi) is 6.25. The molecule has 1 aliphatic rings. The molecule has 0 aliphatic carbocycles. The molecule has 6 nitrogen and oxygen atoms in total. The normalized spacial score (nSPS) is 14.5. The van der Waals surface area contributed by atoms with Gasteiger partial charge < -0.3 is 10.1 Å². The number of ether oxygens (including phenoxy) is 1. The third kappa shape index (κ3) is 4.30. The molecule has 1 aliphatic heterocycles. The number of nitrogens with one attached hydrogen (secondary N) is 1. The Morgan fingerprint density at radius 3 is 2.61 bits per heavy atom. The summed E-state index contributed by atoms with van der Waals surface area (Å²) in [6.45, 7) is 7.61. The Labute approximate surface area is 194 Å². The Balaban J connectivity index is 1.56. The average Bonchev–Trinajstić information content (AvgIpc) is 3.24. The summed E-state index contributed by atoms with van der Waals surface area (Å²) in [6, 6.07) is 21.0. The van der Waals surface area contributed by atoms with E-state index in [-0.39, 0.29) is 0 Å². The van der Waals surface area contributed by atoms with Crippen molar-refractivity contribution in [2.24, 2.45) is 0 Å². The SMILES string of the molecule is Cc1c(Cc2ccccc2)c(NCCCN2CCOCC2)n2c(nc3ccccc32)c1C#N. The lowest BCUT2D eigenvalue weighted by molar-refractivity contribution is 0.0378. The van der Waals surface area contributed by atoms with Gasteiger partial charge in [-0.15, -0.1) is 0 Å². The maximum atomic E-state index is 10.0. The second-order valence-electron chi connectivity index (χ2n) is 8.60. The molecule has 3 heterocycles. The van der Waals surface area contributed by atoms with Crippen molar-refractivity contribution in [2.45, 2.75) is 19.8 Å². The van der Waals surface area contributed by atoms with Crippen LogP contribution < -0.4 is 5.32 Å². The average molecular weight is 440 g/mol. The van der Waals surface area contributed by atoms with Crippen LogP contribution >= 0.6 is 0 Å². The zero-order valence-electron chi connectivity index (χ0n) is 19.1. The fraction of sp³-hybridized carbons (Fsp3) is 0.333. The van der Waals surface area contributed by atoms with E-state index in [1.54, 1.807) is 0 Å². The van der Waals surface area contributed by atoms with E-state index in [2.05, 4.69) is 57.9 Å². The summed E-state index contributed by atoms with van der Waals surface area (Å²) < 4.78 is 7.62. The molecule has 0 amide bonds. The molecule has 33 heavy (non-hydrogen) atoms. The summed E-state index contributed by atoms with van der Waals surface area (Å²) in [5.41, 5.74) is 6.68. The molecule has 2 aromatic heterocycles. The van der Waals surface area contributed by atoms with E-state index >= 15 is 0 Å². The molecular formula is C27H29N5O. The first-order valence-electron chi connectivity index (χ1n) is 11.7. The van der Waals surface area contributed by atoms with Crippen molar-refractivity contribution in [2.75, 3.05) is 44.7 Å². The summed E-state index contributed by atoms with van der Waals surface area (Å²) in [4.78, 5) is 7.30. The molecule has 0 saturated carbocycles. The molecule has 0 spiro atoms. The molecule has 1 N–H and O–H groups in total. The molecule has 0 unspecified atom stereocenters. The highest BCUT2D eigenvalue weighted by atomic mass is 16.5. The van der Waals surface area contributed by atoms with Crippen molar-refractivity contribution in [3.8, 4) is 6.07 Å². The second-order valence-corrected chi connectivity index (χ2v) is 8.60. The third-order valence-corrected chi connectivity index (χ3v) is 6.50. The minimum atomic E-state index is 0.649. The minimum absolute atomic E-state index is 0.649. The number of hydrogen-bond donors (Lipinski definition) is 1. The predicted molar refractivity (Wildman–Crippen MR) is 132 cm³/mol. The molecule has 0 radical (unpaired) electrons. The fourth-order valence-electron chi connectivity index (χ4n) is 4.72. The predicted octanol–water partition coefficient (Wildman–Crippen LogP) is 4.39. The molecular weight excluding hydrogens is 410 g/mol. The molecule has 168 valence electrons. The van der Waals surface area contributed by atoms with Gasteiger partial charge in [0.25, 0.3) is 0 Å². The number of nitrogens with zero attached hydrogens (tertiary/aromatic N) is 4. The first-order valence-corrected chi connectivity index (χ1v) is 11.7. The smallest absolute Gasteiger partial charge is 0.157 e. The maximum Gasteiger partial charge on any atom is 0.157 e. The van der Waals surface area contributed by atoms with Crippen LogP contribution in [0.4, 0.5) is 5.82 Å². The fourth-order valence-corrected chi connectivity index (χ4v) is 4.72. The first kappa shape index (κ1) is 21.4. The van der Waals surface area contributed by atoms with Crippen LogP contribution in [-0.2, 0) is 11.2 Å². The van der Waals surface area contributed by atoms with E-state index in [1.165, 1.54) is 5.56 Å². The number of anilines is 1. The van der Waals surface area contributed by atoms with Crippen LogP contribution in [0.15, 0.2) is 54.6 Å². The lowest BCUT2D eigenvalue weighted by atomic mass is 9.97. The van der Waals surface area contributed by atoms with Crippen LogP contribution in [-0.4, -0.2) is 53.7 Å². The van der Waals surface area contributed by atoms with Crippen molar-refractivity contribution in [3.05, 3.63) is 76.9 Å². The number of imidazole rings is 1. The van der Waals surface area contributed by atoms with Crippen molar-refractivity contribution < 1.29 is 4.74 Å². The van der Waals surface area contributed by atoms with Gasteiger partial charge >= 0.3 is 0 Å². The summed E-state index contributed by atoms with van der Waals surface area (Å²) in [7, 11) is 0. The summed E-state index contributed by atoms with van der Waals surface area (Å²) >= 11 is 0. The van der Waals surface area contributed by atoms with Crippen molar-refractivity contribution >= 4 is 22.5 Å². The number of benzene rings is 2. The highest BCUT2D eigenvalue weighted by Gasteiger charge is 2.21. The van der Waals surface area contributed by atoms with Crippen molar-refractivity contribution in [1.82, 2.24) is 14.3 Å². The molecule has 1 saturated heterocycles. The lowest BCUT2D eigenvalue weighted by Gasteiger charge is -2.26. The number of fused-ring (bicyclic) bond motifs is 3. The van der Waals surface area contributed by atoms with E-state index in [1.807, 2.05) is 24.3 Å². The van der Waals surface area contributed by atoms with Crippen LogP contribution in [0.25, 0.3) is 16.7 Å². The van der Waals surface area contributed by atoms with Crippen LogP contribution in [0.5, 0.6) is 0 Å². The number of morpholine rings is 1. The molecule has 6 heteroatoms. The number of rotatable bonds is 7. The van der Waals surface area contributed by atoms with Crippen molar-refractivity contribution in [3.63, 3.8) is 0 Å². The van der Waals surface area contributed by atoms with Gasteiger partial charge in [0.1, 0.15) is 11.9 Å². The van der Waals surface area contributed by atoms with Gasteiger partial charge in [-0.05, 0) is 43.1 Å². The first-order chi connectivity index (χ1) is 16.3. The van der Waals surface area contributed by atoms with Gasteiger partial charge in [-0.25, -0.2) is 4.98 Å². The number of pyridine rings is 1. The monoisotopic (exact) mass is 439 g/mol. The molecule has 0 atom stereocenters. The molecule has 4 aromatic rings. The van der Waals surface area contributed by atoms with Gasteiger partial charge in [-0.3, -0.25) is 9.30 Å². The zero-order valence-corrected chi connectivity index (χ0v) is 19.1. The largest absolute Gasteiger partial charge is 0.379 e. The maximum absolute atomic E-state index is 10.0. The molecule has 2 aromatic carbocycles. The van der Waals surface area contributed by atoms with E-state index in [0.29, 0.717) is 5.56 Å². The number of para-hydroxylation sites is 2. The van der Waals surface area contributed by atoms with Gasteiger partial charge in [0.2, 0.25) is 0 Å². The third-order valence-electron chi connectivity index (χ3n) is 6.50. The standard InChI is InChI=1S/C27H29N5O/c1-20-22(18-21-8-3-2-4-9-21)26(29-12-7-13-31-14-16-33-17-15-31)32-25-11-6-5-10-24(25)30-27(32)23(20)19-28/h2-6,8-11,29H,7,12-18H2,1H3. The van der Waals surface area contributed by atoms with E-state index in [9.17, 15) is 5.26 Å². The highest BCUT2D eigenvalue weighted by Crippen LogP contribution is 2.32. The van der Waals surface area contributed by atoms with E-state index in [0.717, 1.165) is 85.9 Å². The van der Waals surface area contributed by atoms with Crippen LogP contribution in [0.2, 0.25) is 0 Å². The number of hydrogen-bond acceptors (Lipinski definition) is 5. The van der Waals surface area contributed by atoms with Crippen LogP contribution in [0.3, 0.4) is 0 Å². The Morgan fingerprint density at radius 1 is 1.06 bits per heavy atom. The van der Waals surface area contributed by atoms with E-state index < -0.39 is 0 Å². The Hall–Kier alpha value is -3.40. The van der Waals surface area contributed by atoms with Gasteiger partial charge in [-0.1, -0.05) is 42.5 Å². The summed E-state index contributed by atoms with van der Waals surface area (Å²) in [5, 5.41) is 13.8. The lowest BCUT2D eigenvalue weighted by Crippen LogP contribution is -2.37. The Bertz CT molecular complexity index is 1300. The van der Waals surface area contributed by atoms with Crippen LogP contribution in [0.1, 0.15) is 28.7 Å². The van der Waals surface area contributed by atoms with Gasteiger partial charge in [0.15, 0.2) is 5.65 Å². The quantitative estimate of drug-likeness (QED) is 0.433.